The second kappa shape index (κ2) is 6.53. The number of carbonyl (C=O) groups excluding carboxylic acids is 1. The summed E-state index contributed by atoms with van der Waals surface area (Å²) < 4.78 is 1.72. The molecular weight excluding hydrogens is 262 g/mol. The van der Waals surface area contributed by atoms with E-state index < -0.39 is 0 Å². The minimum absolute atomic E-state index is 0.267. The highest BCUT2D eigenvalue weighted by atomic mass is 35.5. The van der Waals surface area contributed by atoms with E-state index in [9.17, 15) is 4.79 Å². The van der Waals surface area contributed by atoms with E-state index >= 15 is 0 Å². The molecule has 1 aromatic rings. The van der Waals surface area contributed by atoms with Gasteiger partial charge in [0.2, 0.25) is 0 Å². The first-order valence-corrected chi connectivity index (χ1v) is 7.36. The summed E-state index contributed by atoms with van der Waals surface area (Å²) in [6.45, 7) is 4.04. The number of Topliss-reactive ketones (excluding diaryl/α,β-unsaturated/α-hetero) is 1. The fraction of sp³-hybridized carbons (Fsp3) is 0.714. The fourth-order valence-corrected chi connectivity index (χ4v) is 2.91. The van der Waals surface area contributed by atoms with E-state index in [4.69, 9.17) is 11.6 Å². The molecular formula is C14H22ClN3O. The lowest BCUT2D eigenvalue weighted by Gasteiger charge is -2.22. The lowest BCUT2D eigenvalue weighted by molar-refractivity contribution is -0.118. The number of piperidine rings is 1. The molecule has 0 aromatic carbocycles. The largest absolute Gasteiger partial charge is 0.317 e. The van der Waals surface area contributed by atoms with Crippen molar-refractivity contribution in [3.05, 3.63) is 16.4 Å². The van der Waals surface area contributed by atoms with Crippen LogP contribution in [0, 0.1) is 12.8 Å². The molecule has 1 aliphatic rings. The quantitative estimate of drug-likeness (QED) is 0.902. The average molecular weight is 284 g/mol. The molecule has 0 saturated carbocycles. The number of ketones is 1. The first-order chi connectivity index (χ1) is 9.08. The average Bonchev–Trinajstić information content (AvgIpc) is 2.64. The van der Waals surface area contributed by atoms with Gasteiger partial charge in [-0.15, -0.1) is 0 Å². The van der Waals surface area contributed by atoms with E-state index in [2.05, 4.69) is 10.4 Å². The monoisotopic (exact) mass is 283 g/mol. The molecule has 0 amide bonds. The number of carbonyl (C=O) groups is 1. The van der Waals surface area contributed by atoms with Crippen LogP contribution in [0.15, 0.2) is 0 Å². The zero-order valence-electron chi connectivity index (χ0n) is 11.7. The second-order valence-corrected chi connectivity index (χ2v) is 5.80. The van der Waals surface area contributed by atoms with Crippen LogP contribution in [0.1, 0.15) is 37.1 Å². The van der Waals surface area contributed by atoms with Gasteiger partial charge < -0.3 is 5.32 Å². The summed E-state index contributed by atoms with van der Waals surface area (Å²) in [5.41, 5.74) is 1.64. The number of hydrogen-bond donors (Lipinski definition) is 1. The predicted molar refractivity (Wildman–Crippen MR) is 76.5 cm³/mol. The number of halogens is 1. The molecule has 0 unspecified atom stereocenters. The van der Waals surface area contributed by atoms with Gasteiger partial charge in [0, 0.05) is 19.9 Å². The Balaban J connectivity index is 1.83. The third-order valence-electron chi connectivity index (χ3n) is 3.92. The van der Waals surface area contributed by atoms with Gasteiger partial charge in [0.05, 0.1) is 16.4 Å². The Morgan fingerprint density at radius 1 is 1.47 bits per heavy atom. The summed E-state index contributed by atoms with van der Waals surface area (Å²) in [7, 11) is 1.84. The Morgan fingerprint density at radius 3 is 2.74 bits per heavy atom. The van der Waals surface area contributed by atoms with Gasteiger partial charge in [-0.2, -0.15) is 5.10 Å². The number of nitrogens with one attached hydrogen (secondary N) is 1. The maximum absolute atomic E-state index is 12.1. The third-order valence-corrected chi connectivity index (χ3v) is 4.41. The molecule has 2 heterocycles. The number of nitrogens with zero attached hydrogens (tertiary/aromatic N) is 2. The molecule has 0 aliphatic carbocycles. The van der Waals surface area contributed by atoms with Crippen molar-refractivity contribution >= 4 is 17.4 Å². The molecule has 1 aromatic heterocycles. The molecule has 5 heteroatoms. The maximum Gasteiger partial charge on any atom is 0.138 e. The molecule has 0 radical (unpaired) electrons. The van der Waals surface area contributed by atoms with Crippen molar-refractivity contribution in [2.75, 3.05) is 13.1 Å². The van der Waals surface area contributed by atoms with Crippen molar-refractivity contribution in [1.29, 1.82) is 0 Å². The van der Waals surface area contributed by atoms with Crippen molar-refractivity contribution in [3.63, 3.8) is 0 Å². The SMILES string of the molecule is Cc1nn(C)c(CC(=O)CCC2CCNCC2)c1Cl. The predicted octanol–water partition coefficient (Wildman–Crippen LogP) is 2.27. The molecule has 4 nitrogen and oxygen atoms in total. The van der Waals surface area contributed by atoms with Gasteiger partial charge in [0.1, 0.15) is 5.78 Å². The Morgan fingerprint density at radius 2 is 2.16 bits per heavy atom. The minimum Gasteiger partial charge on any atom is -0.317 e. The van der Waals surface area contributed by atoms with Crippen LogP contribution in [0.4, 0.5) is 0 Å². The molecule has 1 aliphatic heterocycles. The number of rotatable bonds is 5. The zero-order valence-corrected chi connectivity index (χ0v) is 12.5. The Hall–Kier alpha value is -0.870. The van der Waals surface area contributed by atoms with Crippen LogP contribution in [0.3, 0.4) is 0 Å². The summed E-state index contributed by atoms with van der Waals surface area (Å²) in [6.07, 6.45) is 4.46. The standard InChI is InChI=1S/C14H22ClN3O/c1-10-14(15)13(18(2)17-10)9-12(19)4-3-11-5-7-16-8-6-11/h11,16H,3-9H2,1-2H3. The smallest absolute Gasteiger partial charge is 0.138 e. The summed E-state index contributed by atoms with van der Waals surface area (Å²) in [4.78, 5) is 12.1. The van der Waals surface area contributed by atoms with Crippen molar-refractivity contribution in [3.8, 4) is 0 Å². The molecule has 1 N–H and O–H groups in total. The first kappa shape index (κ1) is 14.5. The van der Waals surface area contributed by atoms with E-state index in [0.717, 1.165) is 30.9 Å². The number of hydrogen-bond acceptors (Lipinski definition) is 3. The molecule has 19 heavy (non-hydrogen) atoms. The minimum atomic E-state index is 0.267. The van der Waals surface area contributed by atoms with E-state index in [0.29, 0.717) is 23.8 Å². The topological polar surface area (TPSA) is 46.9 Å². The fourth-order valence-electron chi connectivity index (χ4n) is 2.68. The molecule has 0 atom stereocenters. The van der Waals surface area contributed by atoms with Gasteiger partial charge in [-0.05, 0) is 45.2 Å². The number of aromatic nitrogens is 2. The van der Waals surface area contributed by atoms with Crippen LogP contribution >= 0.6 is 11.6 Å². The Labute approximate surface area is 119 Å². The first-order valence-electron chi connectivity index (χ1n) is 6.98. The van der Waals surface area contributed by atoms with Gasteiger partial charge in [0.25, 0.3) is 0 Å². The molecule has 1 fully saturated rings. The number of aryl methyl sites for hydroxylation is 2. The van der Waals surface area contributed by atoms with Gasteiger partial charge >= 0.3 is 0 Å². The van der Waals surface area contributed by atoms with E-state index in [1.54, 1.807) is 4.68 Å². The van der Waals surface area contributed by atoms with E-state index in [1.807, 2.05) is 14.0 Å². The molecule has 0 spiro atoms. The molecule has 0 bridgehead atoms. The lowest BCUT2D eigenvalue weighted by Crippen LogP contribution is -2.28. The van der Waals surface area contributed by atoms with Crippen LogP contribution in [0.2, 0.25) is 5.02 Å². The summed E-state index contributed by atoms with van der Waals surface area (Å²) in [6, 6.07) is 0. The Bertz CT molecular complexity index is 450. The van der Waals surface area contributed by atoms with Crippen molar-refractivity contribution in [1.82, 2.24) is 15.1 Å². The summed E-state index contributed by atoms with van der Waals surface area (Å²) >= 11 is 6.16. The van der Waals surface area contributed by atoms with Crippen molar-refractivity contribution < 1.29 is 4.79 Å². The van der Waals surface area contributed by atoms with Crippen LogP contribution in [-0.4, -0.2) is 28.7 Å². The summed E-state index contributed by atoms with van der Waals surface area (Å²) in [5, 5.41) is 8.22. The normalized spacial score (nSPS) is 16.8. The van der Waals surface area contributed by atoms with Crippen molar-refractivity contribution in [2.45, 2.75) is 39.0 Å². The van der Waals surface area contributed by atoms with Crippen LogP contribution in [0.5, 0.6) is 0 Å². The van der Waals surface area contributed by atoms with Crippen LogP contribution < -0.4 is 5.32 Å². The van der Waals surface area contributed by atoms with Crippen molar-refractivity contribution in [2.24, 2.45) is 13.0 Å². The van der Waals surface area contributed by atoms with Gasteiger partial charge in [0.15, 0.2) is 0 Å². The van der Waals surface area contributed by atoms with E-state index in [1.165, 1.54) is 12.8 Å². The lowest BCUT2D eigenvalue weighted by atomic mass is 9.92. The second-order valence-electron chi connectivity index (χ2n) is 5.42. The Kier molecular flexibility index (Phi) is 4.99. The highest BCUT2D eigenvalue weighted by Crippen LogP contribution is 2.22. The molecule has 1 saturated heterocycles. The van der Waals surface area contributed by atoms with Gasteiger partial charge in [-0.25, -0.2) is 0 Å². The van der Waals surface area contributed by atoms with Crippen LogP contribution in [-0.2, 0) is 18.3 Å². The third kappa shape index (κ3) is 3.80. The maximum atomic E-state index is 12.1. The van der Waals surface area contributed by atoms with Gasteiger partial charge in [-0.1, -0.05) is 11.6 Å². The van der Waals surface area contributed by atoms with Gasteiger partial charge in [-0.3, -0.25) is 9.48 Å². The molecule has 106 valence electrons. The summed E-state index contributed by atoms with van der Waals surface area (Å²) in [5.74, 6) is 0.970. The van der Waals surface area contributed by atoms with Crippen LogP contribution in [0.25, 0.3) is 0 Å². The zero-order chi connectivity index (χ0) is 13.8. The highest BCUT2D eigenvalue weighted by Gasteiger charge is 2.17. The van der Waals surface area contributed by atoms with E-state index in [-0.39, 0.29) is 5.78 Å². The highest BCUT2D eigenvalue weighted by molar-refractivity contribution is 6.32. The molecule has 2 rings (SSSR count).